The number of carbonyl (C=O) groups is 1. The van der Waals surface area contributed by atoms with E-state index in [0.29, 0.717) is 44.1 Å². The van der Waals surface area contributed by atoms with E-state index in [1.807, 2.05) is 35.8 Å². The molecule has 1 amide bonds. The zero-order valence-corrected chi connectivity index (χ0v) is 15.1. The molecule has 1 atom stereocenters. The van der Waals surface area contributed by atoms with Crippen LogP contribution in [0.1, 0.15) is 25.2 Å². The second-order valence-electron chi connectivity index (χ2n) is 6.19. The molecule has 1 saturated heterocycles. The van der Waals surface area contributed by atoms with Crippen LogP contribution in [-0.2, 0) is 9.53 Å². The average Bonchev–Trinajstić information content (AvgIpc) is 3.21. The third kappa shape index (κ3) is 2.56. The Labute approximate surface area is 148 Å². The minimum Gasteiger partial charge on any atom is -0.378 e. The van der Waals surface area contributed by atoms with E-state index in [2.05, 4.69) is 5.10 Å². The number of fused-ring (bicyclic) bond motifs is 3. The normalized spacial score (nSPS) is 16.6. The van der Waals surface area contributed by atoms with E-state index in [1.54, 1.807) is 16.2 Å². The third-order valence-corrected chi connectivity index (χ3v) is 5.57. The van der Waals surface area contributed by atoms with E-state index in [-0.39, 0.29) is 11.5 Å². The molecule has 0 bridgehead atoms. The van der Waals surface area contributed by atoms with E-state index in [9.17, 15) is 9.59 Å². The lowest BCUT2D eigenvalue weighted by atomic mass is 10.2. The van der Waals surface area contributed by atoms with E-state index in [1.165, 1.54) is 4.68 Å². The Morgan fingerprint density at radius 3 is 2.84 bits per heavy atom. The van der Waals surface area contributed by atoms with Crippen molar-refractivity contribution in [3.8, 4) is 0 Å². The molecular formula is C17H20N4O3S. The molecule has 0 aromatic carbocycles. The topological polar surface area (TPSA) is 68.8 Å². The van der Waals surface area contributed by atoms with Gasteiger partial charge in [-0.25, -0.2) is 4.68 Å². The van der Waals surface area contributed by atoms with E-state index in [0.717, 1.165) is 10.2 Å². The Morgan fingerprint density at radius 1 is 1.36 bits per heavy atom. The molecule has 0 radical (unpaired) electrons. The van der Waals surface area contributed by atoms with Gasteiger partial charge in [0.05, 0.1) is 23.4 Å². The van der Waals surface area contributed by atoms with Crippen molar-refractivity contribution in [1.29, 1.82) is 0 Å². The highest BCUT2D eigenvalue weighted by molar-refractivity contribution is 7.17. The quantitative estimate of drug-likeness (QED) is 0.715. The summed E-state index contributed by atoms with van der Waals surface area (Å²) in [6, 6.07) is 3.29. The highest BCUT2D eigenvalue weighted by Gasteiger charge is 2.28. The molecule has 4 rings (SSSR count). The van der Waals surface area contributed by atoms with Crippen LogP contribution >= 0.6 is 11.3 Å². The Bertz CT molecular complexity index is 997. The highest BCUT2D eigenvalue weighted by Crippen LogP contribution is 2.25. The molecule has 0 saturated carbocycles. The average molecular weight is 360 g/mol. The predicted octanol–water partition coefficient (Wildman–Crippen LogP) is 1.83. The Morgan fingerprint density at radius 2 is 2.12 bits per heavy atom. The van der Waals surface area contributed by atoms with Crippen LogP contribution < -0.4 is 5.56 Å². The van der Waals surface area contributed by atoms with Gasteiger partial charge in [0.25, 0.3) is 5.56 Å². The maximum absolute atomic E-state index is 13.0. The van der Waals surface area contributed by atoms with Crippen LogP contribution in [0.25, 0.3) is 15.7 Å². The van der Waals surface area contributed by atoms with Crippen LogP contribution in [0.4, 0.5) is 0 Å². The number of hydrogen-bond donors (Lipinski definition) is 0. The van der Waals surface area contributed by atoms with Crippen molar-refractivity contribution >= 4 is 33.0 Å². The fourth-order valence-corrected chi connectivity index (χ4v) is 4.26. The number of rotatable bonds is 3. The summed E-state index contributed by atoms with van der Waals surface area (Å²) < 4.78 is 9.60. The minimum absolute atomic E-state index is 0.0579. The zero-order chi connectivity index (χ0) is 17.6. The fourth-order valence-electron chi connectivity index (χ4n) is 3.45. The molecule has 132 valence electrons. The number of morpholine rings is 1. The van der Waals surface area contributed by atoms with Crippen LogP contribution in [0.2, 0.25) is 0 Å². The standard InChI is InChI=1S/C17H20N4O3S/c1-3-12(16(22)19-5-7-24-8-6-19)21-17(23)14-10-15-13(4-9-25-15)20(14)11(2)18-21/h4,9-10,12H,3,5-8H2,1-2H3. The second-order valence-corrected chi connectivity index (χ2v) is 7.14. The van der Waals surface area contributed by atoms with Crippen LogP contribution in [-0.4, -0.2) is 51.3 Å². The molecule has 3 aromatic rings. The van der Waals surface area contributed by atoms with Gasteiger partial charge in [-0.1, -0.05) is 6.92 Å². The first-order chi connectivity index (χ1) is 12.1. The van der Waals surface area contributed by atoms with Gasteiger partial charge in [0, 0.05) is 13.1 Å². The molecule has 0 aliphatic carbocycles. The first kappa shape index (κ1) is 16.3. The molecule has 0 N–H and O–H groups in total. The fraction of sp³-hybridized carbons (Fsp3) is 0.471. The van der Waals surface area contributed by atoms with Crippen molar-refractivity contribution in [2.24, 2.45) is 0 Å². The van der Waals surface area contributed by atoms with Gasteiger partial charge in [-0.2, -0.15) is 5.10 Å². The summed E-state index contributed by atoms with van der Waals surface area (Å²) in [4.78, 5) is 27.7. The van der Waals surface area contributed by atoms with Crippen LogP contribution in [0, 0.1) is 6.92 Å². The predicted molar refractivity (Wildman–Crippen MR) is 96.3 cm³/mol. The summed E-state index contributed by atoms with van der Waals surface area (Å²) >= 11 is 1.59. The first-order valence-corrected chi connectivity index (χ1v) is 9.34. The maximum Gasteiger partial charge on any atom is 0.291 e. The van der Waals surface area contributed by atoms with Gasteiger partial charge >= 0.3 is 0 Å². The van der Waals surface area contributed by atoms with Gasteiger partial charge in [0.2, 0.25) is 5.91 Å². The molecule has 7 nitrogen and oxygen atoms in total. The van der Waals surface area contributed by atoms with Crippen molar-refractivity contribution in [2.75, 3.05) is 26.3 Å². The largest absolute Gasteiger partial charge is 0.378 e. The van der Waals surface area contributed by atoms with Crippen molar-refractivity contribution < 1.29 is 9.53 Å². The summed E-state index contributed by atoms with van der Waals surface area (Å²) in [6.45, 7) is 5.98. The summed E-state index contributed by atoms with van der Waals surface area (Å²) in [5, 5.41) is 6.48. The minimum atomic E-state index is -0.581. The molecule has 1 fully saturated rings. The Balaban J connectivity index is 1.82. The maximum atomic E-state index is 13.0. The Hall–Kier alpha value is -2.19. The molecule has 4 heterocycles. The molecule has 1 unspecified atom stereocenters. The number of aryl methyl sites for hydroxylation is 1. The molecule has 1 aliphatic heterocycles. The van der Waals surface area contributed by atoms with Crippen LogP contribution in [0.3, 0.4) is 0 Å². The smallest absolute Gasteiger partial charge is 0.291 e. The lowest BCUT2D eigenvalue weighted by molar-refractivity contribution is -0.139. The Kier molecular flexibility index (Phi) is 4.09. The van der Waals surface area contributed by atoms with Gasteiger partial charge in [-0.05, 0) is 30.9 Å². The lowest BCUT2D eigenvalue weighted by Crippen LogP contribution is -2.46. The number of ether oxygens (including phenoxy) is 1. The highest BCUT2D eigenvalue weighted by atomic mass is 32.1. The molecule has 8 heteroatoms. The van der Waals surface area contributed by atoms with Gasteiger partial charge < -0.3 is 9.64 Å². The summed E-state index contributed by atoms with van der Waals surface area (Å²) in [7, 11) is 0. The number of hydrogen-bond acceptors (Lipinski definition) is 5. The third-order valence-electron chi connectivity index (χ3n) is 4.72. The van der Waals surface area contributed by atoms with E-state index >= 15 is 0 Å². The van der Waals surface area contributed by atoms with Crippen molar-refractivity contribution in [1.82, 2.24) is 19.1 Å². The summed E-state index contributed by atoms with van der Waals surface area (Å²) in [5.74, 6) is 0.647. The number of aromatic nitrogens is 3. The van der Waals surface area contributed by atoms with Gasteiger partial charge in [0.1, 0.15) is 17.4 Å². The molecular weight excluding hydrogens is 340 g/mol. The lowest BCUT2D eigenvalue weighted by Gasteiger charge is -2.30. The molecule has 3 aromatic heterocycles. The summed E-state index contributed by atoms with van der Waals surface area (Å²) in [5.41, 5.74) is 1.34. The van der Waals surface area contributed by atoms with E-state index in [4.69, 9.17) is 4.74 Å². The SMILES string of the molecule is CCC(C(=O)N1CCOCC1)n1nc(C)n2c(cc3sccc32)c1=O. The molecule has 25 heavy (non-hydrogen) atoms. The van der Waals surface area contributed by atoms with Gasteiger partial charge in [-0.15, -0.1) is 11.3 Å². The monoisotopic (exact) mass is 360 g/mol. The number of thiophene rings is 1. The molecule has 1 aliphatic rings. The van der Waals surface area contributed by atoms with Gasteiger partial charge in [0.15, 0.2) is 0 Å². The zero-order valence-electron chi connectivity index (χ0n) is 14.3. The number of carbonyl (C=O) groups excluding carboxylic acids is 1. The van der Waals surface area contributed by atoms with E-state index < -0.39 is 6.04 Å². The summed E-state index contributed by atoms with van der Waals surface area (Å²) in [6.07, 6.45) is 0.522. The first-order valence-electron chi connectivity index (χ1n) is 8.46. The van der Waals surface area contributed by atoms with Crippen molar-refractivity contribution in [3.05, 3.63) is 33.7 Å². The van der Waals surface area contributed by atoms with Crippen molar-refractivity contribution in [2.45, 2.75) is 26.3 Å². The van der Waals surface area contributed by atoms with Crippen molar-refractivity contribution in [3.63, 3.8) is 0 Å². The van der Waals surface area contributed by atoms with Gasteiger partial charge in [-0.3, -0.25) is 14.0 Å². The van der Waals surface area contributed by atoms with Crippen LogP contribution in [0.5, 0.6) is 0 Å². The van der Waals surface area contributed by atoms with Crippen LogP contribution in [0.15, 0.2) is 22.3 Å². The second kappa shape index (κ2) is 6.27. The molecule has 0 spiro atoms. The number of nitrogens with zero attached hydrogens (tertiary/aromatic N) is 4. The number of amides is 1.